The van der Waals surface area contributed by atoms with E-state index in [1.807, 2.05) is 12.1 Å². The molecule has 0 saturated heterocycles. The van der Waals surface area contributed by atoms with Crippen molar-refractivity contribution in [1.29, 1.82) is 5.26 Å². The van der Waals surface area contributed by atoms with Crippen LogP contribution in [-0.4, -0.2) is 31.5 Å². The number of carbonyl (C=O) groups excluding carboxylic acids is 2. The third-order valence-electron chi connectivity index (χ3n) is 3.55. The maximum Gasteiger partial charge on any atom is 0.234 e. The average Bonchev–Trinajstić information content (AvgIpc) is 2.55. The lowest BCUT2D eigenvalue weighted by molar-refractivity contribution is -0.122. The van der Waals surface area contributed by atoms with E-state index in [4.69, 9.17) is 10.00 Å². The van der Waals surface area contributed by atoms with E-state index in [1.54, 1.807) is 6.07 Å². The molecule has 0 aromatic heterocycles. The van der Waals surface area contributed by atoms with E-state index in [9.17, 15) is 9.59 Å². The zero-order valence-corrected chi connectivity index (χ0v) is 15.2. The van der Waals surface area contributed by atoms with Crippen LogP contribution in [0.15, 0.2) is 24.3 Å². The second kappa shape index (κ2) is 10.3. The Morgan fingerprint density at radius 3 is 2.24 bits per heavy atom. The van der Waals surface area contributed by atoms with Gasteiger partial charge in [0.1, 0.15) is 12.2 Å². The van der Waals surface area contributed by atoms with Gasteiger partial charge in [-0.1, -0.05) is 32.9 Å². The molecule has 6 heteroatoms. The van der Waals surface area contributed by atoms with Gasteiger partial charge >= 0.3 is 0 Å². The first-order valence-corrected chi connectivity index (χ1v) is 8.46. The molecule has 0 unspecified atom stereocenters. The van der Waals surface area contributed by atoms with Gasteiger partial charge in [-0.25, -0.2) is 0 Å². The molecule has 0 fully saturated rings. The number of hydrogen-bond acceptors (Lipinski definition) is 4. The molecule has 1 rings (SSSR count). The van der Waals surface area contributed by atoms with Gasteiger partial charge in [-0.15, -0.1) is 0 Å². The lowest BCUT2D eigenvalue weighted by Gasteiger charge is -2.19. The second-order valence-electron chi connectivity index (χ2n) is 6.76. The molecule has 0 heterocycles. The van der Waals surface area contributed by atoms with Crippen molar-refractivity contribution < 1.29 is 14.3 Å². The summed E-state index contributed by atoms with van der Waals surface area (Å²) < 4.78 is 5.64. The zero-order valence-electron chi connectivity index (χ0n) is 15.2. The Labute approximate surface area is 149 Å². The van der Waals surface area contributed by atoms with Gasteiger partial charge in [-0.05, 0) is 29.5 Å². The lowest BCUT2D eigenvalue weighted by Crippen LogP contribution is -2.34. The highest BCUT2D eigenvalue weighted by Gasteiger charge is 2.12. The Hall–Kier alpha value is -2.55. The van der Waals surface area contributed by atoms with Crippen LogP contribution in [-0.2, 0) is 15.0 Å². The van der Waals surface area contributed by atoms with Crippen LogP contribution in [0.5, 0.6) is 5.75 Å². The van der Waals surface area contributed by atoms with Crippen molar-refractivity contribution in [2.45, 2.75) is 45.4 Å². The molecule has 0 radical (unpaired) electrons. The van der Waals surface area contributed by atoms with Crippen molar-refractivity contribution >= 4 is 11.8 Å². The molecule has 0 aliphatic carbocycles. The zero-order chi connectivity index (χ0) is 18.7. The summed E-state index contributed by atoms with van der Waals surface area (Å²) in [4.78, 5) is 22.7. The number of nitrogens with zero attached hydrogens (tertiary/aromatic N) is 1. The molecular formula is C19H27N3O3. The summed E-state index contributed by atoms with van der Waals surface area (Å²) in [6, 6.07) is 9.78. The molecule has 0 spiro atoms. The first kappa shape index (κ1) is 20.5. The number of benzene rings is 1. The number of nitrogens with one attached hydrogen (secondary N) is 2. The molecular weight excluding hydrogens is 318 g/mol. The maximum absolute atomic E-state index is 11.6. The Morgan fingerprint density at radius 1 is 1.08 bits per heavy atom. The van der Waals surface area contributed by atoms with Crippen LogP contribution >= 0.6 is 0 Å². The van der Waals surface area contributed by atoms with E-state index in [2.05, 4.69) is 43.5 Å². The molecule has 2 N–H and O–H groups in total. The Balaban J connectivity index is 2.14. The lowest BCUT2D eigenvalue weighted by atomic mass is 9.87. The highest BCUT2D eigenvalue weighted by molar-refractivity contribution is 5.78. The molecule has 136 valence electrons. The molecule has 0 atom stereocenters. The quantitative estimate of drug-likeness (QED) is 0.672. The van der Waals surface area contributed by atoms with Gasteiger partial charge in [0.25, 0.3) is 0 Å². The summed E-state index contributed by atoms with van der Waals surface area (Å²) in [6.45, 7) is 7.64. The van der Waals surface area contributed by atoms with Crippen molar-refractivity contribution in [2.75, 3.05) is 19.7 Å². The first-order valence-electron chi connectivity index (χ1n) is 8.46. The summed E-state index contributed by atoms with van der Waals surface area (Å²) in [7, 11) is 0. The molecule has 0 aliphatic rings. The molecule has 1 aromatic carbocycles. The molecule has 0 saturated carbocycles. The summed E-state index contributed by atoms with van der Waals surface area (Å²) in [5, 5.41) is 13.6. The third kappa shape index (κ3) is 8.75. The summed E-state index contributed by atoms with van der Waals surface area (Å²) in [5.41, 5.74) is 1.37. The average molecular weight is 345 g/mol. The molecule has 2 amide bonds. The van der Waals surface area contributed by atoms with Gasteiger partial charge in [0.2, 0.25) is 11.8 Å². The summed E-state index contributed by atoms with van der Waals surface area (Å²) in [6.07, 6.45) is 0.821. The van der Waals surface area contributed by atoms with E-state index in [1.165, 1.54) is 5.56 Å². The fourth-order valence-corrected chi connectivity index (χ4v) is 2.10. The predicted molar refractivity (Wildman–Crippen MR) is 96.1 cm³/mol. The molecule has 6 nitrogen and oxygen atoms in total. The van der Waals surface area contributed by atoms with E-state index >= 15 is 0 Å². The van der Waals surface area contributed by atoms with Crippen molar-refractivity contribution in [3.05, 3.63) is 29.8 Å². The molecule has 1 aromatic rings. The minimum atomic E-state index is -0.331. The monoisotopic (exact) mass is 345 g/mol. The van der Waals surface area contributed by atoms with Crippen LogP contribution in [0, 0.1) is 11.3 Å². The van der Waals surface area contributed by atoms with E-state index in [-0.39, 0.29) is 23.7 Å². The fourth-order valence-electron chi connectivity index (χ4n) is 2.10. The topological polar surface area (TPSA) is 91.2 Å². The van der Waals surface area contributed by atoms with E-state index in [0.717, 1.165) is 5.75 Å². The number of nitriles is 1. The van der Waals surface area contributed by atoms with Crippen molar-refractivity contribution in [1.82, 2.24) is 10.6 Å². The minimum Gasteiger partial charge on any atom is -0.494 e. The van der Waals surface area contributed by atoms with Crippen molar-refractivity contribution in [3.63, 3.8) is 0 Å². The molecule has 25 heavy (non-hydrogen) atoms. The molecule has 0 bridgehead atoms. The Kier molecular flexibility index (Phi) is 8.48. The number of hydrogen-bond donors (Lipinski definition) is 2. The summed E-state index contributed by atoms with van der Waals surface area (Å²) >= 11 is 0. The highest BCUT2D eigenvalue weighted by atomic mass is 16.5. The molecule has 0 aliphatic heterocycles. The van der Waals surface area contributed by atoms with Crippen LogP contribution in [0.2, 0.25) is 0 Å². The van der Waals surface area contributed by atoms with E-state index in [0.29, 0.717) is 32.5 Å². The van der Waals surface area contributed by atoms with Gasteiger partial charge in [0, 0.05) is 19.5 Å². The minimum absolute atomic E-state index is 0.0822. The highest BCUT2D eigenvalue weighted by Crippen LogP contribution is 2.24. The first-order chi connectivity index (χ1) is 11.8. The van der Waals surface area contributed by atoms with Gasteiger partial charge < -0.3 is 15.4 Å². The Morgan fingerprint density at radius 2 is 1.68 bits per heavy atom. The fraction of sp³-hybridized carbons (Fsp3) is 0.526. The third-order valence-corrected chi connectivity index (χ3v) is 3.55. The second-order valence-corrected chi connectivity index (χ2v) is 6.76. The predicted octanol–water partition coefficient (Wildman–Crippen LogP) is 2.29. The van der Waals surface area contributed by atoms with Gasteiger partial charge in [-0.3, -0.25) is 9.59 Å². The van der Waals surface area contributed by atoms with Crippen LogP contribution in [0.3, 0.4) is 0 Å². The Bertz CT molecular complexity index is 598. The number of amides is 2. The van der Waals surface area contributed by atoms with Crippen LogP contribution in [0.25, 0.3) is 0 Å². The maximum atomic E-state index is 11.6. The van der Waals surface area contributed by atoms with Crippen molar-refractivity contribution in [3.8, 4) is 11.8 Å². The SMILES string of the molecule is CC(C)(C)c1ccc(OCCCC(=O)NCCNC(=O)CC#N)cc1. The number of rotatable bonds is 9. The standard InChI is InChI=1S/C19H27N3O3/c1-19(2,3)15-6-8-16(9-7-15)25-14-4-5-17(23)21-12-13-22-18(24)10-11-20/h6-9H,4-5,10,12-14H2,1-3H3,(H,21,23)(H,22,24). The van der Waals surface area contributed by atoms with Crippen LogP contribution in [0.4, 0.5) is 0 Å². The van der Waals surface area contributed by atoms with Gasteiger partial charge in [0.15, 0.2) is 0 Å². The van der Waals surface area contributed by atoms with Crippen LogP contribution < -0.4 is 15.4 Å². The largest absolute Gasteiger partial charge is 0.494 e. The van der Waals surface area contributed by atoms with Gasteiger partial charge in [0.05, 0.1) is 12.7 Å². The number of ether oxygens (including phenoxy) is 1. The van der Waals surface area contributed by atoms with Crippen molar-refractivity contribution in [2.24, 2.45) is 0 Å². The van der Waals surface area contributed by atoms with E-state index < -0.39 is 0 Å². The normalized spacial score (nSPS) is 10.6. The summed E-state index contributed by atoms with van der Waals surface area (Å²) in [5.74, 6) is 0.387. The van der Waals surface area contributed by atoms with Crippen LogP contribution in [0.1, 0.15) is 45.6 Å². The number of carbonyl (C=O) groups is 2. The smallest absolute Gasteiger partial charge is 0.234 e. The van der Waals surface area contributed by atoms with Gasteiger partial charge in [-0.2, -0.15) is 5.26 Å².